The zero-order valence-electron chi connectivity index (χ0n) is 13.1. The molecule has 0 fully saturated rings. The van der Waals surface area contributed by atoms with Crippen molar-refractivity contribution in [3.05, 3.63) is 71.5 Å². The number of hydrogen-bond donors (Lipinski definition) is 2. The number of aromatic nitrogens is 1. The molecule has 3 rings (SSSR count). The summed E-state index contributed by atoms with van der Waals surface area (Å²) in [6, 6.07) is 14.7. The number of carboxylic acids is 1. The van der Waals surface area contributed by atoms with Gasteiger partial charge in [-0.2, -0.15) is 0 Å². The van der Waals surface area contributed by atoms with Crippen LogP contribution in [0.4, 0.5) is 5.69 Å². The van der Waals surface area contributed by atoms with Crippen LogP contribution in [0, 0.1) is 6.92 Å². The van der Waals surface area contributed by atoms with Gasteiger partial charge in [0.1, 0.15) is 0 Å². The summed E-state index contributed by atoms with van der Waals surface area (Å²) in [7, 11) is 0. The number of carbonyl (C=O) groups is 2. The minimum atomic E-state index is -1.09. The number of pyridine rings is 1. The summed E-state index contributed by atoms with van der Waals surface area (Å²) < 4.78 is 0. The predicted octanol–water partition coefficient (Wildman–Crippen LogP) is 3.42. The molecule has 1 amide bonds. The molecule has 2 aromatic carbocycles. The van der Waals surface area contributed by atoms with E-state index in [1.807, 2.05) is 37.3 Å². The van der Waals surface area contributed by atoms with Crippen molar-refractivity contribution in [1.29, 1.82) is 0 Å². The van der Waals surface area contributed by atoms with Gasteiger partial charge >= 0.3 is 5.97 Å². The first-order valence-electron chi connectivity index (χ1n) is 7.51. The first-order chi connectivity index (χ1) is 11.6. The predicted molar refractivity (Wildman–Crippen MR) is 92.2 cm³/mol. The van der Waals surface area contributed by atoms with E-state index in [-0.39, 0.29) is 18.0 Å². The number of aromatic carboxylic acids is 1. The monoisotopic (exact) mass is 320 g/mol. The number of anilines is 1. The molecule has 0 aliphatic carbocycles. The van der Waals surface area contributed by atoms with E-state index >= 15 is 0 Å². The van der Waals surface area contributed by atoms with Crippen molar-refractivity contribution >= 4 is 28.3 Å². The van der Waals surface area contributed by atoms with E-state index < -0.39 is 5.97 Å². The maximum atomic E-state index is 12.4. The van der Waals surface area contributed by atoms with Crippen molar-refractivity contribution in [3.63, 3.8) is 0 Å². The summed E-state index contributed by atoms with van der Waals surface area (Å²) in [5, 5.41) is 13.4. The van der Waals surface area contributed by atoms with Gasteiger partial charge in [-0.15, -0.1) is 0 Å². The van der Waals surface area contributed by atoms with Gasteiger partial charge in [-0.1, -0.05) is 42.5 Å². The van der Waals surface area contributed by atoms with Crippen LogP contribution in [-0.4, -0.2) is 22.0 Å². The minimum Gasteiger partial charge on any atom is -0.476 e. The Kier molecular flexibility index (Phi) is 4.24. The number of carboxylic acid groups (broad SMARTS) is 1. The van der Waals surface area contributed by atoms with E-state index in [4.69, 9.17) is 0 Å². The van der Waals surface area contributed by atoms with Crippen LogP contribution in [0.25, 0.3) is 10.8 Å². The number of aryl methyl sites for hydroxylation is 1. The van der Waals surface area contributed by atoms with Crippen molar-refractivity contribution in [1.82, 2.24) is 4.98 Å². The lowest BCUT2D eigenvalue weighted by Gasteiger charge is -2.13. The SMILES string of the molecule is Cc1ccc2c(C(=O)O)nccc2c1NC(=O)Cc1ccccc1. The third kappa shape index (κ3) is 3.10. The Labute approximate surface area is 139 Å². The molecule has 0 spiro atoms. The molecular formula is C19H16N2O3. The number of benzene rings is 2. The van der Waals surface area contributed by atoms with Crippen molar-refractivity contribution in [2.75, 3.05) is 5.32 Å². The Bertz CT molecular complexity index is 921. The van der Waals surface area contributed by atoms with Gasteiger partial charge in [0, 0.05) is 17.0 Å². The van der Waals surface area contributed by atoms with Crippen LogP contribution in [0.2, 0.25) is 0 Å². The molecular weight excluding hydrogens is 304 g/mol. The van der Waals surface area contributed by atoms with Crippen LogP contribution in [0.15, 0.2) is 54.7 Å². The molecule has 24 heavy (non-hydrogen) atoms. The number of nitrogens with one attached hydrogen (secondary N) is 1. The fourth-order valence-corrected chi connectivity index (χ4v) is 2.67. The summed E-state index contributed by atoms with van der Waals surface area (Å²) >= 11 is 0. The van der Waals surface area contributed by atoms with E-state index in [1.165, 1.54) is 6.20 Å². The van der Waals surface area contributed by atoms with E-state index in [2.05, 4.69) is 10.3 Å². The second-order valence-corrected chi connectivity index (χ2v) is 5.53. The minimum absolute atomic E-state index is 0.0222. The molecule has 1 heterocycles. The summed E-state index contributed by atoms with van der Waals surface area (Å²) in [6.07, 6.45) is 1.70. The largest absolute Gasteiger partial charge is 0.476 e. The van der Waals surface area contributed by atoms with Crippen LogP contribution in [-0.2, 0) is 11.2 Å². The maximum absolute atomic E-state index is 12.4. The fourth-order valence-electron chi connectivity index (χ4n) is 2.67. The molecule has 0 aliphatic rings. The molecule has 0 bridgehead atoms. The number of amides is 1. The molecule has 0 saturated heterocycles. The molecule has 0 atom stereocenters. The molecule has 0 saturated carbocycles. The Morgan fingerprint density at radius 1 is 1.04 bits per heavy atom. The average molecular weight is 320 g/mol. The number of fused-ring (bicyclic) bond motifs is 1. The lowest BCUT2D eigenvalue weighted by molar-refractivity contribution is -0.115. The summed E-state index contributed by atoms with van der Waals surface area (Å²) in [6.45, 7) is 1.87. The summed E-state index contributed by atoms with van der Waals surface area (Å²) in [5.41, 5.74) is 2.39. The standard InChI is InChI=1S/C19H16N2O3/c1-12-7-8-14-15(9-10-20-18(14)19(23)24)17(12)21-16(22)11-13-5-3-2-4-6-13/h2-10H,11H2,1H3,(H,21,22)(H,23,24). The van der Waals surface area contributed by atoms with Gasteiger partial charge in [0.15, 0.2) is 5.69 Å². The lowest BCUT2D eigenvalue weighted by atomic mass is 10.0. The third-order valence-corrected chi connectivity index (χ3v) is 3.83. The van der Waals surface area contributed by atoms with Crippen LogP contribution in [0.5, 0.6) is 0 Å². The second-order valence-electron chi connectivity index (χ2n) is 5.53. The fraction of sp³-hybridized carbons (Fsp3) is 0.105. The highest BCUT2D eigenvalue weighted by Crippen LogP contribution is 2.28. The Morgan fingerprint density at radius 2 is 1.79 bits per heavy atom. The number of rotatable bonds is 4. The highest BCUT2D eigenvalue weighted by Gasteiger charge is 2.15. The van der Waals surface area contributed by atoms with Gasteiger partial charge in [0.2, 0.25) is 5.91 Å². The summed E-state index contributed by atoms with van der Waals surface area (Å²) in [5.74, 6) is -1.24. The van der Waals surface area contributed by atoms with Gasteiger partial charge < -0.3 is 10.4 Å². The van der Waals surface area contributed by atoms with Gasteiger partial charge in [0.25, 0.3) is 0 Å². The molecule has 5 nitrogen and oxygen atoms in total. The smallest absolute Gasteiger partial charge is 0.355 e. The van der Waals surface area contributed by atoms with Gasteiger partial charge in [-0.25, -0.2) is 9.78 Å². The molecule has 0 aliphatic heterocycles. The van der Waals surface area contributed by atoms with E-state index in [9.17, 15) is 14.7 Å². The molecule has 0 unspecified atom stereocenters. The maximum Gasteiger partial charge on any atom is 0.355 e. The van der Waals surface area contributed by atoms with Crippen LogP contribution in [0.1, 0.15) is 21.6 Å². The van der Waals surface area contributed by atoms with Crippen LogP contribution >= 0.6 is 0 Å². The van der Waals surface area contributed by atoms with Crippen LogP contribution in [0.3, 0.4) is 0 Å². The average Bonchev–Trinajstić information content (AvgIpc) is 2.57. The first-order valence-corrected chi connectivity index (χ1v) is 7.51. The first kappa shape index (κ1) is 15.7. The number of carbonyl (C=O) groups excluding carboxylic acids is 1. The molecule has 3 aromatic rings. The van der Waals surface area contributed by atoms with Gasteiger partial charge in [0.05, 0.1) is 12.1 Å². The molecule has 0 radical (unpaired) electrons. The van der Waals surface area contributed by atoms with Crippen molar-refractivity contribution in [2.24, 2.45) is 0 Å². The Morgan fingerprint density at radius 3 is 2.50 bits per heavy atom. The van der Waals surface area contributed by atoms with E-state index in [0.29, 0.717) is 16.5 Å². The highest BCUT2D eigenvalue weighted by atomic mass is 16.4. The van der Waals surface area contributed by atoms with E-state index in [1.54, 1.807) is 18.2 Å². The Balaban J connectivity index is 1.97. The van der Waals surface area contributed by atoms with E-state index in [0.717, 1.165) is 11.1 Å². The summed E-state index contributed by atoms with van der Waals surface area (Å²) in [4.78, 5) is 27.6. The second kappa shape index (κ2) is 6.50. The van der Waals surface area contributed by atoms with Crippen molar-refractivity contribution in [3.8, 4) is 0 Å². The van der Waals surface area contributed by atoms with Crippen molar-refractivity contribution < 1.29 is 14.7 Å². The number of nitrogens with zero attached hydrogens (tertiary/aromatic N) is 1. The topological polar surface area (TPSA) is 79.3 Å². The quantitative estimate of drug-likeness (QED) is 0.772. The normalized spacial score (nSPS) is 10.5. The third-order valence-electron chi connectivity index (χ3n) is 3.83. The molecule has 120 valence electrons. The zero-order chi connectivity index (χ0) is 17.1. The molecule has 5 heteroatoms. The Hall–Kier alpha value is -3.21. The van der Waals surface area contributed by atoms with Crippen LogP contribution < -0.4 is 5.32 Å². The van der Waals surface area contributed by atoms with Gasteiger partial charge in [-0.3, -0.25) is 4.79 Å². The highest BCUT2D eigenvalue weighted by molar-refractivity contribution is 6.09. The number of hydrogen-bond acceptors (Lipinski definition) is 3. The van der Waals surface area contributed by atoms with Crippen molar-refractivity contribution in [2.45, 2.75) is 13.3 Å². The molecule has 1 aromatic heterocycles. The molecule has 2 N–H and O–H groups in total. The van der Waals surface area contributed by atoms with Gasteiger partial charge in [-0.05, 0) is 24.1 Å². The lowest BCUT2D eigenvalue weighted by Crippen LogP contribution is -2.15. The zero-order valence-corrected chi connectivity index (χ0v) is 13.1.